The zero-order chi connectivity index (χ0) is 12.3. The number of anilines is 1. The van der Waals surface area contributed by atoms with Crippen LogP contribution in [0.4, 0.5) is 19.0 Å². The van der Waals surface area contributed by atoms with Crippen molar-refractivity contribution in [1.29, 1.82) is 0 Å². The summed E-state index contributed by atoms with van der Waals surface area (Å²) in [5.41, 5.74) is -0.789. The van der Waals surface area contributed by atoms with Gasteiger partial charge in [-0.15, -0.1) is 0 Å². The third-order valence-electron chi connectivity index (χ3n) is 1.93. The lowest BCUT2D eigenvalue weighted by atomic mass is 10.3. The molecular formula is C9H7F3N4O. The average Bonchev–Trinajstić information content (AvgIpc) is 2.78. The Bertz CT molecular complexity index is 466. The molecule has 90 valence electrons. The highest BCUT2D eigenvalue weighted by Crippen LogP contribution is 2.28. The molecule has 0 spiro atoms. The quantitative estimate of drug-likeness (QED) is 0.895. The van der Waals surface area contributed by atoms with Crippen molar-refractivity contribution in [3.8, 4) is 0 Å². The van der Waals surface area contributed by atoms with Gasteiger partial charge in [0.15, 0.2) is 5.82 Å². The lowest BCUT2D eigenvalue weighted by molar-refractivity contribution is -0.137. The highest BCUT2D eigenvalue weighted by molar-refractivity contribution is 5.36. The third kappa shape index (κ3) is 2.92. The number of nitrogens with one attached hydrogen (secondary N) is 1. The van der Waals surface area contributed by atoms with Crippen molar-refractivity contribution in [3.63, 3.8) is 0 Å². The first-order valence-corrected chi connectivity index (χ1v) is 4.58. The molecule has 0 aromatic carbocycles. The van der Waals surface area contributed by atoms with E-state index in [1.54, 1.807) is 0 Å². The summed E-state index contributed by atoms with van der Waals surface area (Å²) < 4.78 is 41.2. The predicted molar refractivity (Wildman–Crippen MR) is 50.9 cm³/mol. The smallest absolute Gasteiger partial charge is 0.363 e. The van der Waals surface area contributed by atoms with E-state index in [0.29, 0.717) is 11.6 Å². The summed E-state index contributed by atoms with van der Waals surface area (Å²) in [6.45, 7) is 0.231. The maximum Gasteiger partial charge on any atom is 0.417 e. The minimum Gasteiger partial charge on any atom is -0.363 e. The van der Waals surface area contributed by atoms with Gasteiger partial charge in [-0.05, 0) is 12.1 Å². The molecular weight excluding hydrogens is 237 g/mol. The number of hydrogen-bond acceptors (Lipinski definition) is 5. The molecule has 0 radical (unpaired) electrons. The fourth-order valence-corrected chi connectivity index (χ4v) is 1.11. The Labute approximate surface area is 93.7 Å². The summed E-state index contributed by atoms with van der Waals surface area (Å²) in [6.07, 6.45) is -2.45. The molecule has 1 N–H and O–H groups in total. The van der Waals surface area contributed by atoms with Crippen LogP contribution in [-0.2, 0) is 12.7 Å². The maximum atomic E-state index is 12.2. The van der Waals surface area contributed by atoms with Gasteiger partial charge in [-0.3, -0.25) is 0 Å². The van der Waals surface area contributed by atoms with Crippen LogP contribution in [0.15, 0.2) is 29.2 Å². The van der Waals surface area contributed by atoms with Gasteiger partial charge in [0.2, 0.25) is 6.39 Å². The van der Waals surface area contributed by atoms with Gasteiger partial charge in [-0.1, -0.05) is 5.16 Å². The van der Waals surface area contributed by atoms with Crippen molar-refractivity contribution in [3.05, 3.63) is 36.1 Å². The van der Waals surface area contributed by atoms with E-state index >= 15 is 0 Å². The maximum absolute atomic E-state index is 12.2. The molecule has 0 aliphatic rings. The van der Waals surface area contributed by atoms with E-state index in [0.717, 1.165) is 18.7 Å². The summed E-state index contributed by atoms with van der Waals surface area (Å²) in [5.74, 6) is 0.703. The number of halogens is 3. The topological polar surface area (TPSA) is 63.8 Å². The van der Waals surface area contributed by atoms with Gasteiger partial charge in [0.25, 0.3) is 0 Å². The van der Waals surface area contributed by atoms with Crippen LogP contribution in [0.3, 0.4) is 0 Å². The largest absolute Gasteiger partial charge is 0.417 e. The fourth-order valence-electron chi connectivity index (χ4n) is 1.11. The Balaban J connectivity index is 1.99. The molecule has 0 aliphatic carbocycles. The fraction of sp³-hybridized carbons (Fsp3) is 0.222. The van der Waals surface area contributed by atoms with Crippen molar-refractivity contribution in [2.24, 2.45) is 0 Å². The molecule has 8 heteroatoms. The molecule has 0 atom stereocenters. The van der Waals surface area contributed by atoms with Gasteiger partial charge in [-0.25, -0.2) is 4.98 Å². The van der Waals surface area contributed by atoms with Crippen molar-refractivity contribution in [2.45, 2.75) is 12.7 Å². The molecule has 0 amide bonds. The van der Waals surface area contributed by atoms with Crippen molar-refractivity contribution < 1.29 is 17.7 Å². The number of nitrogens with zero attached hydrogens (tertiary/aromatic N) is 3. The molecule has 2 aromatic rings. The zero-order valence-corrected chi connectivity index (χ0v) is 8.40. The normalized spacial score (nSPS) is 11.5. The second-order valence-electron chi connectivity index (χ2n) is 3.13. The number of pyridine rings is 1. The minimum absolute atomic E-state index is 0.231. The molecule has 0 bridgehead atoms. The van der Waals surface area contributed by atoms with Gasteiger partial charge in [0, 0.05) is 6.20 Å². The number of rotatable bonds is 3. The number of aromatic nitrogens is 3. The lowest BCUT2D eigenvalue weighted by Crippen LogP contribution is -2.07. The first-order valence-electron chi connectivity index (χ1n) is 4.58. The van der Waals surface area contributed by atoms with Crippen molar-refractivity contribution in [2.75, 3.05) is 5.32 Å². The van der Waals surface area contributed by atoms with Gasteiger partial charge < -0.3 is 9.84 Å². The number of alkyl halides is 3. The molecule has 2 heterocycles. The van der Waals surface area contributed by atoms with Crippen LogP contribution in [0.2, 0.25) is 0 Å². The Kier molecular flexibility index (Phi) is 2.94. The Morgan fingerprint density at radius 3 is 2.59 bits per heavy atom. The van der Waals surface area contributed by atoms with Crippen molar-refractivity contribution >= 4 is 5.82 Å². The summed E-state index contributed by atoms with van der Waals surface area (Å²) in [6, 6.07) is 2.19. The standard InChI is InChI=1S/C9H7F3N4O/c10-9(11,12)6-1-2-7(13-3-6)14-4-8-15-5-17-16-8/h1-3,5H,4H2,(H,13,14). The van der Waals surface area contributed by atoms with Crippen LogP contribution in [0, 0.1) is 0 Å². The molecule has 2 rings (SSSR count). The van der Waals surface area contributed by atoms with E-state index in [1.807, 2.05) is 0 Å². The molecule has 0 aliphatic heterocycles. The van der Waals surface area contributed by atoms with Gasteiger partial charge >= 0.3 is 6.18 Å². The molecule has 0 unspecified atom stereocenters. The summed E-state index contributed by atoms with van der Waals surface area (Å²) in [4.78, 5) is 7.37. The second-order valence-corrected chi connectivity index (χ2v) is 3.13. The first-order chi connectivity index (χ1) is 8.05. The third-order valence-corrected chi connectivity index (χ3v) is 1.93. The lowest BCUT2D eigenvalue weighted by Gasteiger charge is -2.07. The van der Waals surface area contributed by atoms with Crippen molar-refractivity contribution in [1.82, 2.24) is 15.1 Å². The van der Waals surface area contributed by atoms with Crippen LogP contribution in [0.5, 0.6) is 0 Å². The monoisotopic (exact) mass is 244 g/mol. The van der Waals surface area contributed by atoms with E-state index < -0.39 is 11.7 Å². The molecule has 0 saturated carbocycles. The highest BCUT2D eigenvalue weighted by Gasteiger charge is 2.30. The van der Waals surface area contributed by atoms with Crippen LogP contribution < -0.4 is 5.32 Å². The van der Waals surface area contributed by atoms with Crippen LogP contribution in [0.1, 0.15) is 11.4 Å². The SMILES string of the molecule is FC(F)(F)c1ccc(NCc2ncon2)nc1. The summed E-state index contributed by atoms with van der Waals surface area (Å²) in [5, 5.41) is 6.29. The first kappa shape index (κ1) is 11.4. The highest BCUT2D eigenvalue weighted by atomic mass is 19.4. The van der Waals surface area contributed by atoms with Gasteiger partial charge in [0.1, 0.15) is 5.82 Å². The van der Waals surface area contributed by atoms with Crippen LogP contribution in [-0.4, -0.2) is 15.1 Å². The van der Waals surface area contributed by atoms with Gasteiger partial charge in [0.05, 0.1) is 12.1 Å². The van der Waals surface area contributed by atoms with E-state index in [2.05, 4.69) is 25.0 Å². The van der Waals surface area contributed by atoms with Crippen LogP contribution in [0.25, 0.3) is 0 Å². The van der Waals surface area contributed by atoms with E-state index in [1.165, 1.54) is 6.07 Å². The minimum atomic E-state index is -4.38. The second kappa shape index (κ2) is 4.40. The molecule has 17 heavy (non-hydrogen) atoms. The molecule has 5 nitrogen and oxygen atoms in total. The predicted octanol–water partition coefficient (Wildman–Crippen LogP) is 2.10. The Morgan fingerprint density at radius 2 is 2.06 bits per heavy atom. The van der Waals surface area contributed by atoms with E-state index in [4.69, 9.17) is 0 Å². The number of hydrogen-bond donors (Lipinski definition) is 1. The Morgan fingerprint density at radius 1 is 1.24 bits per heavy atom. The zero-order valence-electron chi connectivity index (χ0n) is 8.40. The van der Waals surface area contributed by atoms with Gasteiger partial charge in [-0.2, -0.15) is 18.2 Å². The molecule has 0 fully saturated rings. The summed E-state index contributed by atoms with van der Waals surface area (Å²) in [7, 11) is 0. The molecule has 0 saturated heterocycles. The average molecular weight is 244 g/mol. The van der Waals surface area contributed by atoms with Crippen LogP contribution >= 0.6 is 0 Å². The van der Waals surface area contributed by atoms with E-state index in [-0.39, 0.29) is 6.54 Å². The van der Waals surface area contributed by atoms with E-state index in [9.17, 15) is 13.2 Å². The molecule has 2 aromatic heterocycles. The Hall–Kier alpha value is -2.12. The summed E-state index contributed by atoms with van der Waals surface area (Å²) >= 11 is 0.